The Labute approximate surface area is 54.5 Å². The molecule has 0 bridgehead atoms. The van der Waals surface area contributed by atoms with Gasteiger partial charge >= 0.3 is 6.07 Å². The molecule has 9 heavy (non-hydrogen) atoms. The van der Waals surface area contributed by atoms with Crippen molar-refractivity contribution in [3.8, 4) is 6.07 Å². The molecule has 0 aromatic rings. The van der Waals surface area contributed by atoms with Crippen molar-refractivity contribution in [3.63, 3.8) is 0 Å². The molecule has 0 aliphatic rings. The molecule has 0 heterocycles. The Morgan fingerprint density at radius 2 is 2.22 bits per heavy atom. The van der Waals surface area contributed by atoms with Crippen molar-refractivity contribution in [3.05, 3.63) is 4.95 Å². The van der Waals surface area contributed by atoms with Crippen LogP contribution in [0.4, 0.5) is 0 Å². The maximum atomic E-state index is 8.58. The second-order valence-corrected chi connectivity index (χ2v) is 1.83. The number of nitrogens with zero attached hydrogens (tertiary/aromatic N) is 1. The van der Waals surface area contributed by atoms with Gasteiger partial charge in [0.2, 0.25) is 0 Å². The van der Waals surface area contributed by atoms with Gasteiger partial charge in [0.25, 0.3) is 0 Å². The summed E-state index contributed by atoms with van der Waals surface area (Å²) in [6.45, 7) is 3.31. The largest absolute Gasteiger partial charge is 0.368 e. The third kappa shape index (κ3) is 7.21. The van der Waals surface area contributed by atoms with E-state index in [0.717, 1.165) is 0 Å². The SMILES string of the molecule is CC(N)C#[N+]NC(C)O. The first kappa shape index (κ1) is 8.21. The van der Waals surface area contributed by atoms with Crippen molar-refractivity contribution in [2.24, 2.45) is 5.73 Å². The Morgan fingerprint density at radius 3 is 2.56 bits per heavy atom. The summed E-state index contributed by atoms with van der Waals surface area (Å²) in [6, 6.07) is 2.31. The van der Waals surface area contributed by atoms with Crippen LogP contribution in [0.1, 0.15) is 13.8 Å². The van der Waals surface area contributed by atoms with Gasteiger partial charge in [-0.25, -0.2) is 0 Å². The number of nitrogens with one attached hydrogen (secondary N) is 1. The number of hydrogen-bond donors (Lipinski definition) is 3. The molecule has 4 heteroatoms. The van der Waals surface area contributed by atoms with Gasteiger partial charge in [-0.05, 0) is 13.8 Å². The lowest BCUT2D eigenvalue weighted by Crippen LogP contribution is -2.18. The topological polar surface area (TPSA) is 62.6 Å². The summed E-state index contributed by atoms with van der Waals surface area (Å²) in [4.78, 5) is 3.50. The molecule has 0 aromatic carbocycles. The maximum absolute atomic E-state index is 8.58. The molecule has 0 spiro atoms. The molecule has 0 aliphatic heterocycles. The molecular formula is C5H12N3O+. The normalized spacial score (nSPS) is 15.1. The minimum atomic E-state index is -0.642. The van der Waals surface area contributed by atoms with Gasteiger partial charge in [-0.2, -0.15) is 0 Å². The van der Waals surface area contributed by atoms with Crippen LogP contribution in [0, 0.1) is 6.07 Å². The lowest BCUT2D eigenvalue weighted by molar-refractivity contribution is 0.173. The number of hydrogen-bond acceptors (Lipinski definition) is 3. The zero-order valence-electron chi connectivity index (χ0n) is 5.63. The average molecular weight is 130 g/mol. The highest BCUT2D eigenvalue weighted by atomic mass is 16.3. The lowest BCUT2D eigenvalue weighted by atomic mass is 10.4. The van der Waals surface area contributed by atoms with E-state index in [2.05, 4.69) is 16.4 Å². The average Bonchev–Trinajstić information content (AvgIpc) is 1.63. The molecule has 0 radical (unpaired) electrons. The van der Waals surface area contributed by atoms with Crippen LogP contribution in [0.3, 0.4) is 0 Å². The Hall–Kier alpha value is -0.790. The maximum Gasteiger partial charge on any atom is 0.337 e. The van der Waals surface area contributed by atoms with Gasteiger partial charge in [0, 0.05) is 0 Å². The van der Waals surface area contributed by atoms with E-state index < -0.39 is 6.23 Å². The predicted molar refractivity (Wildman–Crippen MR) is 35.7 cm³/mol. The standard InChI is InChI=1S/C5H12N3O/c1-4(6)3-7-8-5(2)9/h4-5,8-9H,6H2,1-2H3/q+1. The van der Waals surface area contributed by atoms with Crippen LogP contribution in [-0.4, -0.2) is 17.4 Å². The number of nitrogens with two attached hydrogens (primary N) is 1. The van der Waals surface area contributed by atoms with E-state index in [1.807, 2.05) is 0 Å². The smallest absolute Gasteiger partial charge is 0.337 e. The van der Waals surface area contributed by atoms with Crippen molar-refractivity contribution < 1.29 is 5.11 Å². The summed E-state index contributed by atoms with van der Waals surface area (Å²) in [7, 11) is 0. The monoisotopic (exact) mass is 130 g/mol. The molecule has 0 amide bonds. The van der Waals surface area contributed by atoms with E-state index >= 15 is 0 Å². The third-order valence-corrected chi connectivity index (χ3v) is 0.520. The first-order valence-electron chi connectivity index (χ1n) is 2.77. The van der Waals surface area contributed by atoms with E-state index in [4.69, 9.17) is 10.8 Å². The molecule has 4 N–H and O–H groups in total. The minimum absolute atomic E-state index is 0.198. The van der Waals surface area contributed by atoms with E-state index in [-0.39, 0.29) is 6.04 Å². The Bertz CT molecular complexity index is 122. The number of rotatable bonds is 1. The van der Waals surface area contributed by atoms with Gasteiger partial charge in [-0.15, -0.1) is 0 Å². The molecule has 2 unspecified atom stereocenters. The van der Waals surface area contributed by atoms with Gasteiger partial charge in [-0.3, -0.25) is 0 Å². The van der Waals surface area contributed by atoms with Crippen LogP contribution in [0.25, 0.3) is 4.95 Å². The van der Waals surface area contributed by atoms with Crippen molar-refractivity contribution in [1.82, 2.24) is 5.43 Å². The first-order chi connectivity index (χ1) is 4.13. The zero-order valence-corrected chi connectivity index (χ0v) is 5.63. The van der Waals surface area contributed by atoms with Gasteiger partial charge in [0.15, 0.2) is 6.23 Å². The second-order valence-electron chi connectivity index (χ2n) is 1.83. The van der Waals surface area contributed by atoms with Crippen molar-refractivity contribution in [2.45, 2.75) is 26.1 Å². The van der Waals surface area contributed by atoms with Gasteiger partial charge in [0.05, 0.1) is 4.95 Å². The number of aliphatic hydroxyl groups is 1. The van der Waals surface area contributed by atoms with Crippen molar-refractivity contribution >= 4 is 0 Å². The van der Waals surface area contributed by atoms with Crippen molar-refractivity contribution in [1.29, 1.82) is 0 Å². The molecule has 0 saturated heterocycles. The molecule has 52 valence electrons. The van der Waals surface area contributed by atoms with Crippen LogP contribution in [0.15, 0.2) is 0 Å². The Morgan fingerprint density at radius 1 is 1.67 bits per heavy atom. The molecule has 0 aromatic heterocycles. The highest BCUT2D eigenvalue weighted by Crippen LogP contribution is 1.72. The van der Waals surface area contributed by atoms with E-state index in [9.17, 15) is 0 Å². The first-order valence-corrected chi connectivity index (χ1v) is 2.77. The van der Waals surface area contributed by atoms with Crippen LogP contribution in [0.5, 0.6) is 0 Å². The summed E-state index contributed by atoms with van der Waals surface area (Å²) in [5.41, 5.74) is 7.62. The van der Waals surface area contributed by atoms with Gasteiger partial charge in [0.1, 0.15) is 6.04 Å². The fraction of sp³-hybridized carbons (Fsp3) is 0.800. The lowest BCUT2D eigenvalue weighted by Gasteiger charge is -1.86. The van der Waals surface area contributed by atoms with Crippen LogP contribution >= 0.6 is 0 Å². The highest BCUT2D eigenvalue weighted by Gasteiger charge is 1.97. The summed E-state index contributed by atoms with van der Waals surface area (Å²) in [5.74, 6) is 0. The summed E-state index contributed by atoms with van der Waals surface area (Å²) in [6.07, 6.45) is -0.642. The summed E-state index contributed by atoms with van der Waals surface area (Å²) < 4.78 is 0. The summed E-state index contributed by atoms with van der Waals surface area (Å²) in [5, 5.41) is 8.58. The van der Waals surface area contributed by atoms with Gasteiger partial charge in [-0.1, -0.05) is 5.43 Å². The molecule has 0 aliphatic carbocycles. The van der Waals surface area contributed by atoms with Crippen molar-refractivity contribution in [2.75, 3.05) is 0 Å². The van der Waals surface area contributed by atoms with E-state index in [1.165, 1.54) is 0 Å². The fourth-order valence-corrected chi connectivity index (χ4v) is 0.233. The van der Waals surface area contributed by atoms with E-state index in [1.54, 1.807) is 13.8 Å². The molecule has 0 fully saturated rings. The quantitative estimate of drug-likeness (QED) is 0.331. The zero-order chi connectivity index (χ0) is 7.28. The van der Waals surface area contributed by atoms with Crippen LogP contribution < -0.4 is 11.2 Å². The third-order valence-electron chi connectivity index (χ3n) is 0.520. The second kappa shape index (κ2) is 4.13. The molecule has 4 nitrogen and oxygen atoms in total. The van der Waals surface area contributed by atoms with Crippen LogP contribution in [0.2, 0.25) is 0 Å². The Kier molecular flexibility index (Phi) is 3.76. The molecule has 0 rings (SSSR count). The molecule has 0 saturated carbocycles. The minimum Gasteiger partial charge on any atom is -0.368 e. The Balaban J connectivity index is 3.38. The predicted octanol–water partition coefficient (Wildman–Crippen LogP) is -0.491. The molecular weight excluding hydrogens is 118 g/mol. The highest BCUT2D eigenvalue weighted by molar-refractivity contribution is 4.92. The van der Waals surface area contributed by atoms with Gasteiger partial charge < -0.3 is 10.8 Å². The summed E-state index contributed by atoms with van der Waals surface area (Å²) >= 11 is 0. The van der Waals surface area contributed by atoms with Crippen LogP contribution in [-0.2, 0) is 0 Å². The fourth-order valence-electron chi connectivity index (χ4n) is 0.233. The van der Waals surface area contributed by atoms with E-state index in [0.29, 0.717) is 0 Å². The number of aliphatic hydroxyl groups excluding tert-OH is 1. The molecule has 2 atom stereocenters.